The molecular weight excluding hydrogens is 226 g/mol. The summed E-state index contributed by atoms with van der Waals surface area (Å²) in [7, 11) is 0. The molecule has 4 nitrogen and oxygen atoms in total. The zero-order valence-corrected chi connectivity index (χ0v) is 10.6. The van der Waals surface area contributed by atoms with Crippen molar-refractivity contribution in [2.24, 2.45) is 0 Å². The standard InChI is InChI=1S/C14H15N3O/c1-3-4-7-18-13-6-5-12-14(17-13)10(2)11(8-15)9-16-12/h5-6,9H,3-4,7H2,1-2H3. The number of fused-ring (bicyclic) bond motifs is 1. The lowest BCUT2D eigenvalue weighted by Crippen LogP contribution is -1.99. The fourth-order valence-corrected chi connectivity index (χ4v) is 1.69. The van der Waals surface area contributed by atoms with Crippen molar-refractivity contribution in [1.29, 1.82) is 5.26 Å². The second-order valence-electron chi connectivity index (χ2n) is 4.13. The van der Waals surface area contributed by atoms with Crippen LogP contribution in [0.25, 0.3) is 11.0 Å². The lowest BCUT2D eigenvalue weighted by atomic mass is 10.1. The van der Waals surface area contributed by atoms with E-state index in [0.717, 1.165) is 29.4 Å². The quantitative estimate of drug-likeness (QED) is 0.772. The summed E-state index contributed by atoms with van der Waals surface area (Å²) in [6, 6.07) is 5.80. The van der Waals surface area contributed by atoms with Crippen molar-refractivity contribution in [2.75, 3.05) is 6.61 Å². The van der Waals surface area contributed by atoms with E-state index in [0.29, 0.717) is 18.1 Å². The zero-order valence-electron chi connectivity index (χ0n) is 10.6. The average molecular weight is 241 g/mol. The molecule has 0 N–H and O–H groups in total. The van der Waals surface area contributed by atoms with Crippen LogP contribution in [0.3, 0.4) is 0 Å². The summed E-state index contributed by atoms with van der Waals surface area (Å²) in [4.78, 5) is 8.63. The highest BCUT2D eigenvalue weighted by molar-refractivity contribution is 5.80. The van der Waals surface area contributed by atoms with Crippen LogP contribution in [0.5, 0.6) is 5.88 Å². The molecule has 2 rings (SSSR count). The van der Waals surface area contributed by atoms with E-state index in [-0.39, 0.29) is 0 Å². The third-order valence-electron chi connectivity index (χ3n) is 2.81. The van der Waals surface area contributed by atoms with Gasteiger partial charge in [0.2, 0.25) is 5.88 Å². The number of ether oxygens (including phenoxy) is 1. The van der Waals surface area contributed by atoms with Crippen LogP contribution in [0.15, 0.2) is 18.3 Å². The van der Waals surface area contributed by atoms with Gasteiger partial charge in [-0.1, -0.05) is 13.3 Å². The zero-order chi connectivity index (χ0) is 13.0. The van der Waals surface area contributed by atoms with Crippen molar-refractivity contribution in [3.63, 3.8) is 0 Å². The number of unbranched alkanes of at least 4 members (excludes halogenated alkanes) is 1. The molecule has 0 amide bonds. The molecule has 2 heterocycles. The summed E-state index contributed by atoms with van der Waals surface area (Å²) in [6.45, 7) is 4.66. The van der Waals surface area contributed by atoms with Gasteiger partial charge in [0, 0.05) is 12.3 Å². The second kappa shape index (κ2) is 5.46. The predicted octanol–water partition coefficient (Wildman–Crippen LogP) is 2.99. The van der Waals surface area contributed by atoms with Crippen LogP contribution in [0.2, 0.25) is 0 Å². The molecule has 2 aromatic heterocycles. The van der Waals surface area contributed by atoms with E-state index in [9.17, 15) is 0 Å². The Morgan fingerprint density at radius 3 is 2.94 bits per heavy atom. The maximum Gasteiger partial charge on any atom is 0.213 e. The van der Waals surface area contributed by atoms with Gasteiger partial charge in [0.1, 0.15) is 6.07 Å². The van der Waals surface area contributed by atoms with E-state index in [1.54, 1.807) is 6.20 Å². The molecule has 0 fully saturated rings. The monoisotopic (exact) mass is 241 g/mol. The first-order valence-electron chi connectivity index (χ1n) is 6.05. The van der Waals surface area contributed by atoms with Crippen LogP contribution < -0.4 is 4.74 Å². The molecule has 0 bridgehead atoms. The molecule has 0 unspecified atom stereocenters. The van der Waals surface area contributed by atoms with Crippen LogP contribution >= 0.6 is 0 Å². The highest BCUT2D eigenvalue weighted by Crippen LogP contribution is 2.20. The van der Waals surface area contributed by atoms with Crippen LogP contribution in [-0.2, 0) is 0 Å². The van der Waals surface area contributed by atoms with Gasteiger partial charge in [-0.15, -0.1) is 0 Å². The average Bonchev–Trinajstić information content (AvgIpc) is 2.40. The Hall–Kier alpha value is -2.15. The SMILES string of the molecule is CCCCOc1ccc2ncc(C#N)c(C)c2n1. The van der Waals surface area contributed by atoms with E-state index in [1.807, 2.05) is 19.1 Å². The number of aryl methyl sites for hydroxylation is 1. The number of aromatic nitrogens is 2. The van der Waals surface area contributed by atoms with Crippen LogP contribution in [0.1, 0.15) is 30.9 Å². The Morgan fingerprint density at radius 2 is 2.22 bits per heavy atom. The van der Waals surface area contributed by atoms with E-state index in [4.69, 9.17) is 10.00 Å². The maximum atomic E-state index is 8.97. The van der Waals surface area contributed by atoms with Crippen molar-refractivity contribution in [3.05, 3.63) is 29.5 Å². The smallest absolute Gasteiger partial charge is 0.213 e. The van der Waals surface area contributed by atoms with E-state index >= 15 is 0 Å². The summed E-state index contributed by atoms with van der Waals surface area (Å²) in [6.07, 6.45) is 3.68. The lowest BCUT2D eigenvalue weighted by Gasteiger charge is -2.07. The number of hydrogen-bond acceptors (Lipinski definition) is 4. The predicted molar refractivity (Wildman–Crippen MR) is 69.4 cm³/mol. The molecule has 0 atom stereocenters. The summed E-state index contributed by atoms with van der Waals surface area (Å²) in [5, 5.41) is 8.97. The number of hydrogen-bond donors (Lipinski definition) is 0. The van der Waals surface area contributed by atoms with Crippen molar-refractivity contribution in [2.45, 2.75) is 26.7 Å². The summed E-state index contributed by atoms with van der Waals surface area (Å²) < 4.78 is 5.56. The molecule has 0 aliphatic heterocycles. The number of nitriles is 1. The highest BCUT2D eigenvalue weighted by atomic mass is 16.5. The molecule has 18 heavy (non-hydrogen) atoms. The molecule has 0 saturated carbocycles. The van der Waals surface area contributed by atoms with Crippen molar-refractivity contribution in [1.82, 2.24) is 9.97 Å². The normalized spacial score (nSPS) is 10.3. The van der Waals surface area contributed by atoms with Crippen molar-refractivity contribution < 1.29 is 4.74 Å². The van der Waals surface area contributed by atoms with Gasteiger partial charge >= 0.3 is 0 Å². The van der Waals surface area contributed by atoms with Crippen LogP contribution in [0, 0.1) is 18.3 Å². The Morgan fingerprint density at radius 1 is 1.39 bits per heavy atom. The molecule has 4 heteroatoms. The topological polar surface area (TPSA) is 58.8 Å². The molecule has 2 aromatic rings. The van der Waals surface area contributed by atoms with Gasteiger partial charge in [0.05, 0.1) is 23.2 Å². The van der Waals surface area contributed by atoms with Gasteiger partial charge in [-0.05, 0) is 25.0 Å². The van der Waals surface area contributed by atoms with Gasteiger partial charge in [-0.3, -0.25) is 4.98 Å². The van der Waals surface area contributed by atoms with Gasteiger partial charge in [0.15, 0.2) is 0 Å². The molecule has 0 aromatic carbocycles. The highest BCUT2D eigenvalue weighted by Gasteiger charge is 2.07. The summed E-state index contributed by atoms with van der Waals surface area (Å²) >= 11 is 0. The van der Waals surface area contributed by atoms with Crippen LogP contribution in [-0.4, -0.2) is 16.6 Å². The van der Waals surface area contributed by atoms with Gasteiger partial charge in [-0.25, -0.2) is 4.98 Å². The number of nitrogens with zero attached hydrogens (tertiary/aromatic N) is 3. The van der Waals surface area contributed by atoms with E-state index < -0.39 is 0 Å². The van der Waals surface area contributed by atoms with Gasteiger partial charge in [-0.2, -0.15) is 5.26 Å². The minimum absolute atomic E-state index is 0.556. The lowest BCUT2D eigenvalue weighted by molar-refractivity contribution is 0.299. The Balaban J connectivity index is 2.37. The molecule has 0 aliphatic carbocycles. The largest absolute Gasteiger partial charge is 0.478 e. The van der Waals surface area contributed by atoms with Gasteiger partial charge in [0.25, 0.3) is 0 Å². The molecule has 92 valence electrons. The van der Waals surface area contributed by atoms with Crippen molar-refractivity contribution >= 4 is 11.0 Å². The fraction of sp³-hybridized carbons (Fsp3) is 0.357. The molecule has 0 spiro atoms. The molecular formula is C14H15N3O. The minimum atomic E-state index is 0.556. The first-order chi connectivity index (χ1) is 8.76. The number of rotatable bonds is 4. The van der Waals surface area contributed by atoms with E-state index in [2.05, 4.69) is 23.0 Å². The van der Waals surface area contributed by atoms with Crippen molar-refractivity contribution in [3.8, 4) is 11.9 Å². The van der Waals surface area contributed by atoms with Crippen LogP contribution in [0.4, 0.5) is 0 Å². The fourth-order valence-electron chi connectivity index (χ4n) is 1.69. The minimum Gasteiger partial charge on any atom is -0.478 e. The Kier molecular flexibility index (Phi) is 3.73. The molecule has 0 aliphatic rings. The summed E-state index contributed by atoms with van der Waals surface area (Å²) in [5.41, 5.74) is 2.93. The number of pyridine rings is 2. The first kappa shape index (κ1) is 12.3. The third kappa shape index (κ3) is 2.40. The third-order valence-corrected chi connectivity index (χ3v) is 2.81. The molecule has 0 saturated heterocycles. The summed E-state index contributed by atoms with van der Waals surface area (Å²) in [5.74, 6) is 0.593. The Labute approximate surface area is 106 Å². The second-order valence-corrected chi connectivity index (χ2v) is 4.13. The van der Waals surface area contributed by atoms with Gasteiger partial charge < -0.3 is 4.74 Å². The Bertz CT molecular complexity index is 602. The van der Waals surface area contributed by atoms with E-state index in [1.165, 1.54) is 0 Å². The maximum absolute atomic E-state index is 8.97. The molecule has 0 radical (unpaired) electrons. The first-order valence-corrected chi connectivity index (χ1v) is 6.05.